The maximum Gasteiger partial charge on any atom is 0.349 e. The number of hydrogen-bond acceptors (Lipinski definition) is 5. The Kier molecular flexibility index (Phi) is 3.52. The average Bonchev–Trinajstić information content (AvgIpc) is 2.26. The molecule has 0 atom stereocenters. The molecule has 6 nitrogen and oxygen atoms in total. The van der Waals surface area contributed by atoms with E-state index in [1.54, 1.807) is 0 Å². The van der Waals surface area contributed by atoms with Crippen LogP contribution in [0, 0.1) is 21.7 Å². The van der Waals surface area contributed by atoms with Gasteiger partial charge in [-0.1, -0.05) is 0 Å². The van der Waals surface area contributed by atoms with E-state index in [0.717, 1.165) is 18.3 Å². The van der Waals surface area contributed by atoms with Crippen molar-refractivity contribution in [3.8, 4) is 11.6 Å². The average molecular weight is 288 g/mol. The number of nitro groups is 1. The Bertz CT molecular complexity index is 634. The van der Waals surface area contributed by atoms with Crippen LogP contribution in [0.1, 0.15) is 0 Å². The molecule has 0 N–H and O–H groups in total. The highest BCUT2D eigenvalue weighted by Gasteiger charge is 2.19. The number of benzene rings is 1. The summed E-state index contributed by atoms with van der Waals surface area (Å²) in [6.45, 7) is 0. The summed E-state index contributed by atoms with van der Waals surface area (Å²) in [6.07, 6.45) is 0.834. The predicted molar refractivity (Wildman–Crippen MR) is 60.1 cm³/mol. The van der Waals surface area contributed by atoms with Crippen LogP contribution in [-0.4, -0.2) is 14.9 Å². The number of rotatable bonds is 3. The fraction of sp³-hybridized carbons (Fsp3) is 0. The molecule has 1 aromatic heterocycles. The highest BCUT2D eigenvalue weighted by atomic mass is 35.5. The second-order valence-electron chi connectivity index (χ2n) is 3.29. The van der Waals surface area contributed by atoms with Gasteiger partial charge in [0.15, 0.2) is 0 Å². The van der Waals surface area contributed by atoms with Crippen molar-refractivity contribution in [1.82, 2.24) is 9.97 Å². The van der Waals surface area contributed by atoms with Gasteiger partial charge < -0.3 is 4.74 Å². The van der Waals surface area contributed by atoms with E-state index in [1.807, 2.05) is 0 Å². The lowest BCUT2D eigenvalue weighted by Gasteiger charge is -2.05. The van der Waals surface area contributed by atoms with Gasteiger partial charge in [-0.25, -0.2) is 13.8 Å². The minimum absolute atomic E-state index is 0.282. The summed E-state index contributed by atoms with van der Waals surface area (Å²) in [7, 11) is 0. The Balaban J connectivity index is 2.42. The van der Waals surface area contributed by atoms with E-state index in [1.165, 1.54) is 0 Å². The first kappa shape index (κ1) is 13.1. The maximum absolute atomic E-state index is 13.0. The second kappa shape index (κ2) is 5.11. The summed E-state index contributed by atoms with van der Waals surface area (Å²) in [5, 5.41) is 10.4. The quantitative estimate of drug-likeness (QED) is 0.492. The summed E-state index contributed by atoms with van der Waals surface area (Å²) < 4.78 is 30.9. The molecule has 0 aliphatic carbocycles. The molecule has 0 saturated carbocycles. The lowest BCUT2D eigenvalue weighted by Crippen LogP contribution is -1.98. The second-order valence-corrected chi connectivity index (χ2v) is 3.63. The molecule has 0 aliphatic rings. The van der Waals surface area contributed by atoms with Crippen molar-refractivity contribution in [3.63, 3.8) is 0 Å². The zero-order valence-electron chi connectivity index (χ0n) is 9.01. The maximum atomic E-state index is 13.0. The van der Waals surface area contributed by atoms with Crippen LogP contribution in [0.5, 0.6) is 11.6 Å². The van der Waals surface area contributed by atoms with Gasteiger partial charge in [0.1, 0.15) is 23.6 Å². The van der Waals surface area contributed by atoms with Crippen molar-refractivity contribution in [1.29, 1.82) is 0 Å². The Labute approximate surface area is 109 Å². The van der Waals surface area contributed by atoms with E-state index in [4.69, 9.17) is 16.3 Å². The number of hydrogen-bond donors (Lipinski definition) is 0. The number of ether oxygens (including phenoxy) is 1. The Hall–Kier alpha value is -2.35. The third-order valence-corrected chi connectivity index (χ3v) is 2.14. The Morgan fingerprint density at radius 1 is 1.26 bits per heavy atom. The summed E-state index contributed by atoms with van der Waals surface area (Å²) >= 11 is 5.48. The molecule has 0 bridgehead atoms. The molecule has 9 heteroatoms. The highest BCUT2D eigenvalue weighted by Crippen LogP contribution is 2.30. The molecule has 0 saturated heterocycles. The van der Waals surface area contributed by atoms with E-state index in [-0.39, 0.29) is 11.0 Å². The number of aromatic nitrogens is 2. The van der Waals surface area contributed by atoms with Crippen molar-refractivity contribution >= 4 is 17.3 Å². The molecule has 98 valence electrons. The van der Waals surface area contributed by atoms with Crippen LogP contribution in [-0.2, 0) is 0 Å². The monoisotopic (exact) mass is 287 g/mol. The molecule has 0 aliphatic heterocycles. The zero-order chi connectivity index (χ0) is 14.0. The van der Waals surface area contributed by atoms with Gasteiger partial charge in [-0.2, -0.15) is 4.98 Å². The molecule has 0 amide bonds. The topological polar surface area (TPSA) is 78.2 Å². The largest absolute Gasteiger partial charge is 0.433 e. The van der Waals surface area contributed by atoms with Crippen LogP contribution < -0.4 is 4.74 Å². The first-order chi connectivity index (χ1) is 8.95. The minimum Gasteiger partial charge on any atom is -0.433 e. The van der Waals surface area contributed by atoms with Gasteiger partial charge in [0.2, 0.25) is 5.28 Å². The zero-order valence-corrected chi connectivity index (χ0v) is 9.77. The molecule has 2 aromatic rings. The van der Waals surface area contributed by atoms with Crippen LogP contribution in [0.25, 0.3) is 0 Å². The number of halogens is 3. The van der Waals surface area contributed by atoms with Gasteiger partial charge in [-0.15, -0.1) is 0 Å². The Morgan fingerprint density at radius 3 is 2.47 bits per heavy atom. The third-order valence-electron chi connectivity index (χ3n) is 1.95. The molecule has 1 aromatic carbocycles. The molecule has 0 fully saturated rings. The first-order valence-corrected chi connectivity index (χ1v) is 5.14. The van der Waals surface area contributed by atoms with Crippen molar-refractivity contribution in [3.05, 3.63) is 51.4 Å². The van der Waals surface area contributed by atoms with E-state index in [9.17, 15) is 18.9 Å². The molecule has 0 radical (unpaired) electrons. The van der Waals surface area contributed by atoms with E-state index in [0.29, 0.717) is 6.07 Å². The van der Waals surface area contributed by atoms with Crippen molar-refractivity contribution in [2.75, 3.05) is 0 Å². The summed E-state index contributed by atoms with van der Waals surface area (Å²) in [5.74, 6) is -2.57. The van der Waals surface area contributed by atoms with Gasteiger partial charge >= 0.3 is 11.6 Å². The lowest BCUT2D eigenvalue weighted by atomic mass is 10.3. The molecule has 0 spiro atoms. The highest BCUT2D eigenvalue weighted by molar-refractivity contribution is 6.28. The van der Waals surface area contributed by atoms with E-state index >= 15 is 0 Å². The summed E-state index contributed by atoms with van der Waals surface area (Å²) in [4.78, 5) is 16.8. The van der Waals surface area contributed by atoms with Crippen LogP contribution in [0.3, 0.4) is 0 Å². The summed E-state index contributed by atoms with van der Waals surface area (Å²) in [6, 6.07) is 2.33. The SMILES string of the molecule is O=[N+]([O-])c1cnc(Cl)nc1Oc1cc(F)cc(F)c1. The van der Waals surface area contributed by atoms with Crippen LogP contribution in [0.4, 0.5) is 14.5 Å². The minimum atomic E-state index is -0.891. The molecule has 19 heavy (non-hydrogen) atoms. The van der Waals surface area contributed by atoms with Crippen molar-refractivity contribution in [2.24, 2.45) is 0 Å². The standard InChI is InChI=1S/C10H4ClF2N3O3/c11-10-14-4-8(16(17)18)9(15-10)19-7-2-5(12)1-6(13)3-7/h1-4H. The first-order valence-electron chi connectivity index (χ1n) is 4.76. The van der Waals surface area contributed by atoms with Crippen LogP contribution in [0.15, 0.2) is 24.4 Å². The smallest absolute Gasteiger partial charge is 0.349 e. The fourth-order valence-corrected chi connectivity index (χ4v) is 1.36. The molecule has 1 heterocycles. The molecule has 2 rings (SSSR count). The van der Waals surface area contributed by atoms with Crippen LogP contribution >= 0.6 is 11.6 Å². The van der Waals surface area contributed by atoms with E-state index in [2.05, 4.69) is 9.97 Å². The lowest BCUT2D eigenvalue weighted by molar-refractivity contribution is -0.386. The van der Waals surface area contributed by atoms with Gasteiger partial charge in [-0.05, 0) is 11.6 Å². The predicted octanol–water partition coefficient (Wildman–Crippen LogP) is 3.11. The fourth-order valence-electron chi connectivity index (χ4n) is 1.24. The number of nitrogens with zero attached hydrogens (tertiary/aromatic N) is 3. The molecule has 0 unspecified atom stereocenters. The van der Waals surface area contributed by atoms with Gasteiger partial charge in [-0.3, -0.25) is 10.1 Å². The molecular formula is C10H4ClF2N3O3. The third kappa shape index (κ3) is 3.10. The van der Waals surface area contributed by atoms with Crippen molar-refractivity contribution < 1.29 is 18.4 Å². The van der Waals surface area contributed by atoms with Gasteiger partial charge in [0.25, 0.3) is 0 Å². The van der Waals surface area contributed by atoms with E-state index < -0.39 is 28.1 Å². The summed E-state index contributed by atoms with van der Waals surface area (Å²) in [5.41, 5.74) is -0.575. The van der Waals surface area contributed by atoms with Gasteiger partial charge in [0.05, 0.1) is 4.92 Å². The Morgan fingerprint density at radius 2 is 1.89 bits per heavy atom. The molecular weight excluding hydrogens is 284 g/mol. The van der Waals surface area contributed by atoms with Crippen molar-refractivity contribution in [2.45, 2.75) is 0 Å². The van der Waals surface area contributed by atoms with Gasteiger partial charge in [0, 0.05) is 18.2 Å². The van der Waals surface area contributed by atoms with Crippen LogP contribution in [0.2, 0.25) is 5.28 Å². The normalized spacial score (nSPS) is 10.3.